The van der Waals surface area contributed by atoms with Gasteiger partial charge in [-0.15, -0.1) is 0 Å². The van der Waals surface area contributed by atoms with Crippen LogP contribution in [0.4, 0.5) is 0 Å². The molecule has 0 saturated carbocycles. The van der Waals surface area contributed by atoms with Crippen LogP contribution >= 0.6 is 0 Å². The van der Waals surface area contributed by atoms with Gasteiger partial charge in [0.1, 0.15) is 5.65 Å². The van der Waals surface area contributed by atoms with E-state index in [0.717, 1.165) is 17.0 Å². The van der Waals surface area contributed by atoms with Gasteiger partial charge >= 0.3 is 0 Å². The molecule has 0 aliphatic heterocycles. The molecular weight excluding hydrogens is 260 g/mol. The van der Waals surface area contributed by atoms with E-state index in [1.165, 1.54) is 10.9 Å². The average molecular weight is 282 g/mol. The summed E-state index contributed by atoms with van der Waals surface area (Å²) >= 11 is 0. The Morgan fingerprint density at radius 3 is 2.52 bits per heavy atom. The average Bonchev–Trinajstić information content (AvgIpc) is 3.05. The van der Waals surface area contributed by atoms with E-state index in [-0.39, 0.29) is 0 Å². The van der Waals surface area contributed by atoms with E-state index in [4.69, 9.17) is 4.98 Å². The Morgan fingerprint density at radius 1 is 1.10 bits per heavy atom. The van der Waals surface area contributed by atoms with Gasteiger partial charge in [-0.1, -0.05) is 13.8 Å². The highest BCUT2D eigenvalue weighted by Gasteiger charge is 2.15. The third-order valence-corrected chi connectivity index (χ3v) is 3.91. The zero-order chi connectivity index (χ0) is 15.1. The van der Waals surface area contributed by atoms with Crippen LogP contribution in [0.1, 0.15) is 45.2 Å². The van der Waals surface area contributed by atoms with Gasteiger partial charge in [-0.25, -0.2) is 4.98 Å². The molecule has 0 amide bonds. The van der Waals surface area contributed by atoms with Crippen molar-refractivity contribution in [3.8, 4) is 11.4 Å². The summed E-state index contributed by atoms with van der Waals surface area (Å²) in [5.41, 5.74) is 4.45. The summed E-state index contributed by atoms with van der Waals surface area (Å²) in [5, 5.41) is 5.67. The van der Waals surface area contributed by atoms with Crippen LogP contribution in [0.15, 0.2) is 30.6 Å². The van der Waals surface area contributed by atoms with Gasteiger partial charge in [-0.05, 0) is 43.5 Å². The first-order chi connectivity index (χ1) is 9.99. The lowest BCUT2D eigenvalue weighted by atomic mass is 9.99. The minimum atomic E-state index is 0.323. The maximum absolute atomic E-state index is 4.87. The van der Waals surface area contributed by atoms with Crippen molar-refractivity contribution in [3.05, 3.63) is 36.2 Å². The lowest BCUT2D eigenvalue weighted by Crippen LogP contribution is -2.06. The Bertz CT molecular complexity index is 777. The van der Waals surface area contributed by atoms with Crippen molar-refractivity contribution in [2.45, 2.75) is 39.7 Å². The van der Waals surface area contributed by atoms with Crippen LogP contribution < -0.4 is 0 Å². The van der Waals surface area contributed by atoms with Crippen molar-refractivity contribution in [1.29, 1.82) is 0 Å². The Morgan fingerprint density at radius 2 is 1.86 bits per heavy atom. The largest absolute Gasteiger partial charge is 0.336 e. The summed E-state index contributed by atoms with van der Waals surface area (Å²) < 4.78 is 4.11. The third kappa shape index (κ3) is 2.24. The molecule has 0 saturated heterocycles. The SMILES string of the molecule is CC(C)c1cc(-c2ccnn2C(C)C)nc2c1ccn2C. The molecule has 0 N–H and O–H groups in total. The van der Waals surface area contributed by atoms with E-state index in [1.807, 2.05) is 24.0 Å². The summed E-state index contributed by atoms with van der Waals surface area (Å²) in [6.07, 6.45) is 3.92. The Labute approximate surface area is 125 Å². The summed E-state index contributed by atoms with van der Waals surface area (Å²) in [5.74, 6) is 0.465. The summed E-state index contributed by atoms with van der Waals surface area (Å²) in [6.45, 7) is 8.73. The van der Waals surface area contributed by atoms with Crippen molar-refractivity contribution in [1.82, 2.24) is 19.3 Å². The normalized spacial score (nSPS) is 12.0. The Kier molecular flexibility index (Phi) is 3.32. The molecule has 0 aliphatic carbocycles. The number of pyridine rings is 1. The smallest absolute Gasteiger partial charge is 0.140 e. The van der Waals surface area contributed by atoms with Gasteiger partial charge in [0.25, 0.3) is 0 Å². The number of aromatic nitrogens is 4. The van der Waals surface area contributed by atoms with Gasteiger partial charge in [0.2, 0.25) is 0 Å². The molecule has 0 aromatic carbocycles. The summed E-state index contributed by atoms with van der Waals surface area (Å²) in [6, 6.07) is 6.73. The van der Waals surface area contributed by atoms with E-state index in [2.05, 4.69) is 55.7 Å². The molecule has 4 heteroatoms. The van der Waals surface area contributed by atoms with Gasteiger partial charge < -0.3 is 4.57 Å². The lowest BCUT2D eigenvalue weighted by Gasteiger charge is -2.14. The molecule has 0 atom stereocenters. The van der Waals surface area contributed by atoms with Crippen LogP contribution in [0.2, 0.25) is 0 Å². The molecule has 4 nitrogen and oxygen atoms in total. The van der Waals surface area contributed by atoms with Crippen molar-refractivity contribution in [2.75, 3.05) is 0 Å². The Balaban J connectivity index is 2.28. The molecule has 0 bridgehead atoms. The number of fused-ring (bicyclic) bond motifs is 1. The van der Waals surface area contributed by atoms with Gasteiger partial charge in [0.15, 0.2) is 0 Å². The molecule has 0 radical (unpaired) electrons. The molecule has 0 aliphatic rings. The van der Waals surface area contributed by atoms with Gasteiger partial charge in [-0.2, -0.15) is 5.10 Å². The first-order valence-corrected chi connectivity index (χ1v) is 7.49. The minimum absolute atomic E-state index is 0.323. The fourth-order valence-electron chi connectivity index (χ4n) is 2.79. The van der Waals surface area contributed by atoms with Gasteiger partial charge in [0, 0.05) is 30.9 Å². The second kappa shape index (κ2) is 5.02. The molecule has 0 fully saturated rings. The molecule has 3 rings (SSSR count). The molecule has 0 spiro atoms. The molecular formula is C17H22N4. The van der Waals surface area contributed by atoms with Crippen molar-refractivity contribution < 1.29 is 0 Å². The Hall–Kier alpha value is -2.10. The van der Waals surface area contributed by atoms with Crippen LogP contribution in [0.25, 0.3) is 22.4 Å². The van der Waals surface area contributed by atoms with Crippen LogP contribution in [-0.4, -0.2) is 19.3 Å². The highest BCUT2D eigenvalue weighted by molar-refractivity contribution is 5.83. The number of hydrogen-bond donors (Lipinski definition) is 0. The molecule has 3 aromatic rings. The number of aryl methyl sites for hydroxylation is 1. The van der Waals surface area contributed by atoms with E-state index < -0.39 is 0 Å². The minimum Gasteiger partial charge on any atom is -0.336 e. The molecule has 110 valence electrons. The monoisotopic (exact) mass is 282 g/mol. The third-order valence-electron chi connectivity index (χ3n) is 3.91. The molecule has 21 heavy (non-hydrogen) atoms. The van der Waals surface area contributed by atoms with Crippen molar-refractivity contribution >= 4 is 11.0 Å². The van der Waals surface area contributed by atoms with Crippen molar-refractivity contribution in [2.24, 2.45) is 7.05 Å². The zero-order valence-corrected chi connectivity index (χ0v) is 13.3. The fraction of sp³-hybridized carbons (Fsp3) is 0.412. The maximum Gasteiger partial charge on any atom is 0.140 e. The van der Waals surface area contributed by atoms with Crippen LogP contribution in [0.3, 0.4) is 0 Å². The number of nitrogens with zero attached hydrogens (tertiary/aromatic N) is 4. The lowest BCUT2D eigenvalue weighted by molar-refractivity contribution is 0.538. The first-order valence-electron chi connectivity index (χ1n) is 7.49. The van der Waals surface area contributed by atoms with Gasteiger partial charge in [-0.3, -0.25) is 4.68 Å². The van der Waals surface area contributed by atoms with Gasteiger partial charge in [0.05, 0.1) is 11.4 Å². The van der Waals surface area contributed by atoms with E-state index >= 15 is 0 Å². The standard InChI is InChI=1S/C17H22N4/c1-11(2)14-10-15(16-6-8-18-21(16)12(3)4)19-17-13(14)7-9-20(17)5/h6-12H,1-5H3. The molecule has 3 heterocycles. The van der Waals surface area contributed by atoms with Crippen LogP contribution in [0, 0.1) is 0 Å². The molecule has 3 aromatic heterocycles. The zero-order valence-electron chi connectivity index (χ0n) is 13.3. The molecule has 0 unspecified atom stereocenters. The van der Waals surface area contributed by atoms with Crippen LogP contribution in [0.5, 0.6) is 0 Å². The quantitative estimate of drug-likeness (QED) is 0.723. The van der Waals surface area contributed by atoms with Crippen molar-refractivity contribution in [3.63, 3.8) is 0 Å². The maximum atomic E-state index is 4.87. The van der Waals surface area contributed by atoms with E-state index in [0.29, 0.717) is 12.0 Å². The predicted octanol–water partition coefficient (Wildman–Crippen LogP) is 4.14. The second-order valence-corrected chi connectivity index (χ2v) is 6.17. The van der Waals surface area contributed by atoms with E-state index in [9.17, 15) is 0 Å². The van der Waals surface area contributed by atoms with E-state index in [1.54, 1.807) is 0 Å². The predicted molar refractivity (Wildman–Crippen MR) is 86.4 cm³/mol. The number of rotatable bonds is 3. The highest BCUT2D eigenvalue weighted by Crippen LogP contribution is 2.30. The fourth-order valence-corrected chi connectivity index (χ4v) is 2.79. The highest BCUT2D eigenvalue weighted by atomic mass is 15.3. The van der Waals surface area contributed by atoms with Crippen LogP contribution in [-0.2, 0) is 7.05 Å². The topological polar surface area (TPSA) is 35.6 Å². The number of hydrogen-bond acceptors (Lipinski definition) is 2. The second-order valence-electron chi connectivity index (χ2n) is 6.17. The first kappa shape index (κ1) is 13.9. The summed E-state index contributed by atoms with van der Waals surface area (Å²) in [4.78, 5) is 4.87. The summed E-state index contributed by atoms with van der Waals surface area (Å²) in [7, 11) is 2.04.